The van der Waals surface area contributed by atoms with Crippen molar-refractivity contribution in [3.63, 3.8) is 0 Å². The van der Waals surface area contributed by atoms with Gasteiger partial charge < -0.3 is 20.7 Å². The first-order valence-electron chi connectivity index (χ1n) is 12.8. The fraction of sp³-hybridized carbons (Fsp3) is 0.233. The van der Waals surface area contributed by atoms with E-state index >= 15 is 0 Å². The molecular formula is C30H31ClN4O4. The van der Waals surface area contributed by atoms with Crippen LogP contribution >= 0.6 is 11.6 Å². The summed E-state index contributed by atoms with van der Waals surface area (Å²) in [4.78, 5) is 40.7. The molecule has 1 aliphatic heterocycles. The zero-order valence-electron chi connectivity index (χ0n) is 22.1. The van der Waals surface area contributed by atoms with E-state index in [2.05, 4.69) is 16.0 Å². The van der Waals surface area contributed by atoms with Crippen molar-refractivity contribution in [1.82, 2.24) is 10.2 Å². The van der Waals surface area contributed by atoms with Crippen molar-refractivity contribution in [3.8, 4) is 0 Å². The minimum Gasteiger partial charge on any atom is -0.463 e. The number of nitrogens with one attached hydrogen (secondary N) is 3. The van der Waals surface area contributed by atoms with Crippen LogP contribution in [0.3, 0.4) is 0 Å². The van der Waals surface area contributed by atoms with Gasteiger partial charge in [0, 0.05) is 22.9 Å². The van der Waals surface area contributed by atoms with E-state index < -0.39 is 18.0 Å². The van der Waals surface area contributed by atoms with E-state index in [1.54, 1.807) is 48.2 Å². The summed E-state index contributed by atoms with van der Waals surface area (Å²) in [6.45, 7) is 6.24. The van der Waals surface area contributed by atoms with Crippen LogP contribution in [0.15, 0.2) is 78.4 Å². The minimum atomic E-state index is -0.738. The normalized spacial score (nSPS) is 15.0. The van der Waals surface area contributed by atoms with Crippen LogP contribution in [0.1, 0.15) is 43.0 Å². The van der Waals surface area contributed by atoms with Gasteiger partial charge >= 0.3 is 18.0 Å². The smallest absolute Gasteiger partial charge is 0.338 e. The van der Waals surface area contributed by atoms with Crippen LogP contribution in [0.2, 0.25) is 5.02 Å². The van der Waals surface area contributed by atoms with Crippen molar-refractivity contribution in [2.24, 2.45) is 0 Å². The van der Waals surface area contributed by atoms with Gasteiger partial charge in [0.15, 0.2) is 0 Å². The molecule has 0 saturated heterocycles. The highest BCUT2D eigenvalue weighted by Crippen LogP contribution is 2.37. The average Bonchev–Trinajstić information content (AvgIpc) is 2.92. The average molecular weight is 547 g/mol. The Labute approximate surface area is 233 Å². The van der Waals surface area contributed by atoms with Crippen LogP contribution in [0.4, 0.5) is 21.0 Å². The molecule has 0 bridgehead atoms. The number of esters is 1. The topological polar surface area (TPSA) is 99.8 Å². The van der Waals surface area contributed by atoms with Crippen molar-refractivity contribution < 1.29 is 19.1 Å². The van der Waals surface area contributed by atoms with Crippen molar-refractivity contribution in [1.29, 1.82) is 0 Å². The summed E-state index contributed by atoms with van der Waals surface area (Å²) in [5.74, 6) is -0.499. The number of carbonyl (C=O) groups excluding carboxylic acids is 3. The number of halogens is 1. The van der Waals surface area contributed by atoms with Crippen molar-refractivity contribution >= 4 is 46.7 Å². The van der Waals surface area contributed by atoms with Crippen LogP contribution < -0.4 is 16.0 Å². The largest absolute Gasteiger partial charge is 0.463 e. The SMILES string of the molecule is CCCN1C(=O)NC(c2ccc(NC(=O)Nc3ccc(C)c(Cl)c3)cc2)C(C(=O)OCC)=C1c1ccccc1. The van der Waals surface area contributed by atoms with Gasteiger partial charge in [-0.2, -0.15) is 0 Å². The number of aryl methyl sites for hydroxylation is 1. The summed E-state index contributed by atoms with van der Waals surface area (Å²) < 4.78 is 5.45. The van der Waals surface area contributed by atoms with Gasteiger partial charge in [-0.25, -0.2) is 14.4 Å². The Morgan fingerprint density at radius 2 is 1.64 bits per heavy atom. The first-order valence-corrected chi connectivity index (χ1v) is 13.2. The van der Waals surface area contributed by atoms with Gasteiger partial charge in [0.25, 0.3) is 0 Å². The molecule has 0 saturated carbocycles. The fourth-order valence-electron chi connectivity index (χ4n) is 4.40. The third-order valence-electron chi connectivity index (χ3n) is 6.25. The lowest BCUT2D eigenvalue weighted by atomic mass is 9.91. The Morgan fingerprint density at radius 3 is 2.28 bits per heavy atom. The van der Waals surface area contributed by atoms with Gasteiger partial charge in [0.2, 0.25) is 0 Å². The predicted octanol–water partition coefficient (Wildman–Crippen LogP) is 6.74. The maximum absolute atomic E-state index is 13.3. The van der Waals surface area contributed by atoms with Crippen LogP contribution in [0.25, 0.3) is 5.70 Å². The molecule has 3 N–H and O–H groups in total. The molecule has 1 atom stereocenters. The summed E-state index contributed by atoms with van der Waals surface area (Å²) in [6, 6.07) is 20.1. The molecule has 1 unspecified atom stereocenters. The molecule has 4 rings (SSSR count). The van der Waals surface area contributed by atoms with Crippen LogP contribution in [-0.4, -0.2) is 36.1 Å². The highest BCUT2D eigenvalue weighted by molar-refractivity contribution is 6.31. The highest BCUT2D eigenvalue weighted by Gasteiger charge is 2.38. The molecule has 39 heavy (non-hydrogen) atoms. The quantitative estimate of drug-likeness (QED) is 0.272. The van der Waals surface area contributed by atoms with Gasteiger partial charge in [-0.15, -0.1) is 0 Å². The molecule has 4 amide bonds. The fourth-order valence-corrected chi connectivity index (χ4v) is 4.58. The van der Waals surface area contributed by atoms with Crippen molar-refractivity contribution in [2.75, 3.05) is 23.8 Å². The molecule has 1 heterocycles. The molecule has 0 radical (unpaired) electrons. The third kappa shape index (κ3) is 6.41. The summed E-state index contributed by atoms with van der Waals surface area (Å²) in [5.41, 5.74) is 4.33. The Balaban J connectivity index is 1.64. The van der Waals surface area contributed by atoms with Crippen molar-refractivity contribution in [3.05, 3.63) is 100 Å². The second-order valence-electron chi connectivity index (χ2n) is 9.05. The molecular weight excluding hydrogens is 516 g/mol. The number of hydrogen-bond donors (Lipinski definition) is 3. The summed E-state index contributed by atoms with van der Waals surface area (Å²) in [6.07, 6.45) is 0.710. The Kier molecular flexibility index (Phi) is 8.88. The van der Waals surface area contributed by atoms with E-state index in [0.717, 1.165) is 11.1 Å². The molecule has 0 fully saturated rings. The lowest BCUT2D eigenvalue weighted by Gasteiger charge is -2.36. The summed E-state index contributed by atoms with van der Waals surface area (Å²) in [5, 5.41) is 9.07. The molecule has 0 aromatic heterocycles. The third-order valence-corrected chi connectivity index (χ3v) is 6.66. The van der Waals surface area contributed by atoms with E-state index in [9.17, 15) is 14.4 Å². The van der Waals surface area contributed by atoms with Crippen LogP contribution in [-0.2, 0) is 9.53 Å². The number of benzene rings is 3. The summed E-state index contributed by atoms with van der Waals surface area (Å²) in [7, 11) is 0. The van der Waals surface area contributed by atoms with Gasteiger partial charge in [-0.1, -0.05) is 67.1 Å². The molecule has 9 heteroatoms. The maximum atomic E-state index is 13.3. The summed E-state index contributed by atoms with van der Waals surface area (Å²) >= 11 is 6.15. The van der Waals surface area contributed by atoms with Crippen LogP contribution in [0.5, 0.6) is 0 Å². The number of anilines is 2. The first-order chi connectivity index (χ1) is 18.8. The highest BCUT2D eigenvalue weighted by atomic mass is 35.5. The monoisotopic (exact) mass is 546 g/mol. The number of amides is 4. The molecule has 202 valence electrons. The first kappa shape index (κ1) is 27.7. The Hall–Kier alpha value is -4.30. The number of ether oxygens (including phenoxy) is 1. The minimum absolute atomic E-state index is 0.197. The number of hydrogen-bond acceptors (Lipinski definition) is 4. The van der Waals surface area contributed by atoms with E-state index in [-0.39, 0.29) is 12.6 Å². The maximum Gasteiger partial charge on any atom is 0.338 e. The van der Waals surface area contributed by atoms with Gasteiger partial charge in [-0.3, -0.25) is 4.90 Å². The van der Waals surface area contributed by atoms with Crippen molar-refractivity contribution in [2.45, 2.75) is 33.2 Å². The van der Waals surface area contributed by atoms with E-state index in [1.807, 2.05) is 50.2 Å². The van der Waals surface area contributed by atoms with Gasteiger partial charge in [-0.05, 0) is 61.2 Å². The Bertz CT molecular complexity index is 1390. The van der Waals surface area contributed by atoms with Crippen LogP contribution in [0, 0.1) is 6.92 Å². The zero-order valence-corrected chi connectivity index (χ0v) is 22.8. The number of urea groups is 2. The predicted molar refractivity (Wildman–Crippen MR) is 154 cm³/mol. The number of carbonyl (C=O) groups is 3. The van der Waals surface area contributed by atoms with E-state index in [1.165, 1.54) is 0 Å². The van der Waals surface area contributed by atoms with Gasteiger partial charge in [0.1, 0.15) is 0 Å². The number of rotatable bonds is 8. The Morgan fingerprint density at radius 1 is 0.974 bits per heavy atom. The van der Waals surface area contributed by atoms with E-state index in [4.69, 9.17) is 16.3 Å². The molecule has 0 aliphatic carbocycles. The molecule has 3 aromatic rings. The second-order valence-corrected chi connectivity index (χ2v) is 9.46. The lowest BCUT2D eigenvalue weighted by Crippen LogP contribution is -2.48. The molecule has 3 aromatic carbocycles. The molecule has 1 aliphatic rings. The van der Waals surface area contributed by atoms with E-state index in [0.29, 0.717) is 46.2 Å². The lowest BCUT2D eigenvalue weighted by molar-refractivity contribution is -0.138. The number of nitrogens with zero attached hydrogens (tertiary/aromatic N) is 1. The van der Waals surface area contributed by atoms with Gasteiger partial charge in [0.05, 0.1) is 23.9 Å². The molecule has 0 spiro atoms. The molecule has 8 nitrogen and oxygen atoms in total. The standard InChI is InChI=1S/C30H31ClN4O4/c1-4-17-35-27(21-9-7-6-8-10-21)25(28(36)39-5-2)26(34-30(35)38)20-12-15-22(16-13-20)32-29(37)33-23-14-11-19(3)24(31)18-23/h6-16,18,26H,4-5,17H2,1-3H3,(H,34,38)(H2,32,33,37). The second kappa shape index (κ2) is 12.5. The zero-order chi connectivity index (χ0) is 27.9.